The quantitative estimate of drug-likeness (QED) is 0.314. The second-order valence-electron chi connectivity index (χ2n) is 11.3. The van der Waals surface area contributed by atoms with Crippen molar-refractivity contribution in [3.8, 4) is 11.3 Å². The highest BCUT2D eigenvalue weighted by Crippen LogP contribution is 2.65. The van der Waals surface area contributed by atoms with E-state index in [1.54, 1.807) is 22.7 Å². The fourth-order valence-corrected chi connectivity index (χ4v) is 6.41. The predicted octanol–water partition coefficient (Wildman–Crippen LogP) is 5.15. The number of amides is 2. The van der Waals surface area contributed by atoms with Crippen LogP contribution in [0, 0.1) is 5.41 Å². The Hall–Kier alpha value is -4.62. The van der Waals surface area contributed by atoms with Crippen LogP contribution >= 0.6 is 0 Å². The summed E-state index contributed by atoms with van der Waals surface area (Å²) in [6.45, 7) is 0.115. The van der Waals surface area contributed by atoms with Gasteiger partial charge in [0.15, 0.2) is 0 Å². The monoisotopic (exact) mass is 597 g/mol. The lowest BCUT2D eigenvalue weighted by Crippen LogP contribution is -2.46. The molecular formula is C29H24F5N7O2. The lowest BCUT2D eigenvalue weighted by molar-refractivity contribution is -0.138. The molecule has 0 bridgehead atoms. The van der Waals surface area contributed by atoms with Crippen molar-refractivity contribution in [2.24, 2.45) is 5.41 Å². The van der Waals surface area contributed by atoms with E-state index in [0.29, 0.717) is 29.0 Å². The summed E-state index contributed by atoms with van der Waals surface area (Å²) in [4.78, 5) is 39.9. The number of hydrogen-bond donors (Lipinski definition) is 2. The summed E-state index contributed by atoms with van der Waals surface area (Å²) in [6, 6.07) is 6.65. The predicted molar refractivity (Wildman–Crippen MR) is 144 cm³/mol. The fraction of sp³-hybridized carbons (Fsp3) is 0.345. The molecule has 1 aliphatic carbocycles. The van der Waals surface area contributed by atoms with Crippen molar-refractivity contribution in [1.29, 1.82) is 0 Å². The van der Waals surface area contributed by atoms with Crippen molar-refractivity contribution >= 4 is 29.0 Å². The number of aromatic nitrogens is 4. The first-order valence-electron chi connectivity index (χ1n) is 13.7. The van der Waals surface area contributed by atoms with E-state index < -0.39 is 40.9 Å². The van der Waals surface area contributed by atoms with Gasteiger partial charge in [0.25, 0.3) is 11.8 Å². The molecule has 7 rings (SSSR count). The van der Waals surface area contributed by atoms with Gasteiger partial charge < -0.3 is 16.0 Å². The Bertz CT molecular complexity index is 1780. The third kappa shape index (κ3) is 4.13. The van der Waals surface area contributed by atoms with Crippen LogP contribution in [-0.4, -0.2) is 54.6 Å². The topological polar surface area (TPSA) is 119 Å². The number of rotatable bonds is 4. The van der Waals surface area contributed by atoms with Gasteiger partial charge in [0.1, 0.15) is 34.1 Å². The Balaban J connectivity index is 1.17. The molecule has 1 aromatic carbocycles. The number of nitrogen functional groups attached to an aromatic ring is 1. The smallest absolute Gasteiger partial charge is 0.382 e. The number of hydrogen-bond acceptors (Lipinski definition) is 6. The van der Waals surface area contributed by atoms with E-state index in [4.69, 9.17) is 10.7 Å². The Morgan fingerprint density at radius 1 is 1.05 bits per heavy atom. The SMILES string of the molecule is Nc1nccn2c([C@H]3CC[C@H]4N(C3)C(=O)C3(CC3)C4(F)F)nc(-c3ccc(C(=O)Nc4cc(C(F)(F)F)ccn4)cc3)c12. The number of carbonyl (C=O) groups excluding carboxylic acids is 2. The first kappa shape index (κ1) is 27.2. The molecule has 2 amide bonds. The molecule has 3 N–H and O–H groups in total. The van der Waals surface area contributed by atoms with Gasteiger partial charge in [0.05, 0.1) is 11.6 Å². The number of nitrogens with two attached hydrogens (primary N) is 1. The number of piperidine rings is 1. The Labute approximate surface area is 240 Å². The van der Waals surface area contributed by atoms with Gasteiger partial charge in [-0.05, 0) is 49.9 Å². The highest BCUT2D eigenvalue weighted by Gasteiger charge is 2.77. The molecule has 3 fully saturated rings. The highest BCUT2D eigenvalue weighted by atomic mass is 19.4. The van der Waals surface area contributed by atoms with E-state index in [9.17, 15) is 22.8 Å². The van der Waals surface area contributed by atoms with Crippen LogP contribution in [0.2, 0.25) is 0 Å². The first-order chi connectivity index (χ1) is 20.4. The maximum atomic E-state index is 15.1. The average molecular weight is 598 g/mol. The number of nitrogens with zero attached hydrogens (tertiary/aromatic N) is 5. The second-order valence-corrected chi connectivity index (χ2v) is 11.3. The summed E-state index contributed by atoms with van der Waals surface area (Å²) >= 11 is 0. The molecule has 0 radical (unpaired) electrons. The van der Waals surface area contributed by atoms with Crippen molar-refractivity contribution < 1.29 is 31.5 Å². The van der Waals surface area contributed by atoms with Crippen LogP contribution in [-0.2, 0) is 11.0 Å². The lowest BCUT2D eigenvalue weighted by Gasteiger charge is -2.36. The van der Waals surface area contributed by atoms with Crippen molar-refractivity contribution in [3.05, 3.63) is 71.9 Å². The second kappa shape index (κ2) is 9.19. The minimum absolute atomic E-state index is 0.115. The largest absolute Gasteiger partial charge is 0.416 e. The van der Waals surface area contributed by atoms with Gasteiger partial charge in [-0.25, -0.2) is 23.7 Å². The zero-order valence-electron chi connectivity index (χ0n) is 22.4. The lowest BCUT2D eigenvalue weighted by atomic mass is 9.89. The average Bonchev–Trinajstić information content (AvgIpc) is 3.69. The summed E-state index contributed by atoms with van der Waals surface area (Å²) in [6.07, 6.45) is 0.538. The Kier molecular flexibility index (Phi) is 5.82. The highest BCUT2D eigenvalue weighted by molar-refractivity contribution is 6.04. The maximum absolute atomic E-state index is 15.1. The minimum atomic E-state index is -4.58. The molecule has 9 nitrogen and oxygen atoms in total. The number of alkyl halides is 5. The van der Waals surface area contributed by atoms with E-state index in [2.05, 4.69) is 15.3 Å². The number of anilines is 2. The molecule has 3 aliphatic rings. The molecule has 3 aromatic heterocycles. The summed E-state index contributed by atoms with van der Waals surface area (Å²) in [5, 5.41) is 2.37. The van der Waals surface area contributed by atoms with Crippen LogP contribution in [0.3, 0.4) is 0 Å². The van der Waals surface area contributed by atoms with Crippen LogP contribution in [0.4, 0.5) is 33.6 Å². The van der Waals surface area contributed by atoms with E-state index in [1.807, 2.05) is 0 Å². The summed E-state index contributed by atoms with van der Waals surface area (Å²) < 4.78 is 71.1. The van der Waals surface area contributed by atoms with Crippen LogP contribution in [0.5, 0.6) is 0 Å². The van der Waals surface area contributed by atoms with Crippen LogP contribution in [0.15, 0.2) is 55.0 Å². The molecule has 5 heterocycles. The van der Waals surface area contributed by atoms with Crippen LogP contribution in [0.1, 0.15) is 53.3 Å². The standard InChI is InChI=1S/C29H24F5N7O2/c30-28(31)19-6-5-17(14-41(19)26(43)27(28)8-9-27)24-39-21(22-23(35)37-11-12-40(22)24)15-1-3-16(4-2-15)25(42)38-20-13-18(7-10-36-20)29(32,33)34/h1-4,7,10-13,17,19H,5-6,8-9,14H2,(H2,35,37)(H,36,38,42)/t17-,19+/m0/s1. The zero-order valence-corrected chi connectivity index (χ0v) is 22.4. The molecule has 43 heavy (non-hydrogen) atoms. The molecule has 1 saturated carbocycles. The normalized spacial score (nSPS) is 22.2. The molecule has 2 saturated heterocycles. The Morgan fingerprint density at radius 3 is 2.49 bits per heavy atom. The first-order valence-corrected chi connectivity index (χ1v) is 13.7. The maximum Gasteiger partial charge on any atom is 0.416 e. The third-order valence-corrected chi connectivity index (χ3v) is 8.78. The van der Waals surface area contributed by atoms with E-state index in [1.165, 1.54) is 23.2 Å². The number of fused-ring (bicyclic) bond motifs is 2. The van der Waals surface area contributed by atoms with Gasteiger partial charge >= 0.3 is 6.18 Å². The van der Waals surface area contributed by atoms with Crippen molar-refractivity contribution in [2.75, 3.05) is 17.6 Å². The summed E-state index contributed by atoms with van der Waals surface area (Å²) in [5.74, 6) is -4.02. The fourth-order valence-electron chi connectivity index (χ4n) is 6.41. The molecule has 4 aromatic rings. The van der Waals surface area contributed by atoms with Gasteiger partial charge in [-0.3, -0.25) is 14.0 Å². The van der Waals surface area contributed by atoms with Crippen molar-refractivity contribution in [1.82, 2.24) is 24.3 Å². The number of carbonyl (C=O) groups is 2. The molecule has 1 spiro atoms. The summed E-state index contributed by atoms with van der Waals surface area (Å²) in [7, 11) is 0. The molecule has 14 heteroatoms. The van der Waals surface area contributed by atoms with E-state index >= 15 is 8.78 Å². The van der Waals surface area contributed by atoms with Gasteiger partial charge in [0.2, 0.25) is 5.91 Å². The molecule has 222 valence electrons. The van der Waals surface area contributed by atoms with E-state index in [-0.39, 0.29) is 48.9 Å². The van der Waals surface area contributed by atoms with Gasteiger partial charge in [0, 0.05) is 42.2 Å². The van der Waals surface area contributed by atoms with Crippen molar-refractivity contribution in [2.45, 2.75) is 49.7 Å². The van der Waals surface area contributed by atoms with Crippen LogP contribution < -0.4 is 11.1 Å². The van der Waals surface area contributed by atoms with Gasteiger partial charge in [-0.1, -0.05) is 12.1 Å². The molecule has 2 aliphatic heterocycles. The van der Waals surface area contributed by atoms with Crippen molar-refractivity contribution in [3.63, 3.8) is 0 Å². The third-order valence-electron chi connectivity index (χ3n) is 8.78. The molecular weight excluding hydrogens is 573 g/mol. The number of nitrogens with one attached hydrogen (secondary N) is 1. The number of imidazole rings is 1. The van der Waals surface area contributed by atoms with Crippen LogP contribution in [0.25, 0.3) is 16.8 Å². The summed E-state index contributed by atoms with van der Waals surface area (Å²) in [5.41, 5.74) is 5.43. The van der Waals surface area contributed by atoms with Gasteiger partial charge in [-0.2, -0.15) is 13.2 Å². The number of benzene rings is 1. The Morgan fingerprint density at radius 2 is 1.79 bits per heavy atom. The van der Waals surface area contributed by atoms with Gasteiger partial charge in [-0.15, -0.1) is 0 Å². The molecule has 2 atom stereocenters. The number of halogens is 5. The minimum Gasteiger partial charge on any atom is -0.382 e. The molecule has 0 unspecified atom stereocenters. The number of pyridine rings is 1. The zero-order chi connectivity index (χ0) is 30.3. The van der Waals surface area contributed by atoms with E-state index in [0.717, 1.165) is 18.3 Å².